The second-order valence-corrected chi connectivity index (χ2v) is 13.5. The van der Waals surface area contributed by atoms with Gasteiger partial charge >= 0.3 is 0 Å². The second kappa shape index (κ2) is 14.4. The molecule has 2 aliphatic rings. The minimum absolute atomic E-state index is 0.249. The van der Waals surface area contributed by atoms with E-state index in [1.165, 1.54) is 24.3 Å². The van der Waals surface area contributed by atoms with E-state index in [1.807, 2.05) is 24.3 Å². The Bertz CT molecular complexity index is 1940. The summed E-state index contributed by atoms with van der Waals surface area (Å²) in [5.74, 6) is 1.34. The standard InChI is InChI=1S/2C20H21FN4/c2*1-13-12-25(14(2)11-22-13)20-18-6-4-3-5-17(18)19(23-24-20)15-7-9-16(21)10-8-15/h2*3-10,13-14,22H,11-12H2,1-2H3/t2*13-,14+/m10/s1. The van der Waals surface area contributed by atoms with Gasteiger partial charge in [0.25, 0.3) is 0 Å². The summed E-state index contributed by atoms with van der Waals surface area (Å²) in [4.78, 5) is 4.65. The first kappa shape index (κ1) is 33.4. The molecule has 10 heteroatoms. The Kier molecular flexibility index (Phi) is 9.65. The summed E-state index contributed by atoms with van der Waals surface area (Å²) in [6, 6.07) is 30.7. The molecule has 0 unspecified atom stereocenters. The van der Waals surface area contributed by atoms with Crippen LogP contribution in [0.1, 0.15) is 27.7 Å². The van der Waals surface area contributed by atoms with E-state index in [-0.39, 0.29) is 11.6 Å². The molecular formula is C40H42F2N8. The molecule has 4 atom stereocenters. The highest BCUT2D eigenvalue weighted by molar-refractivity contribution is 6.01. The summed E-state index contributed by atoms with van der Waals surface area (Å²) in [5.41, 5.74) is 3.32. The van der Waals surface area contributed by atoms with Gasteiger partial charge in [-0.2, -0.15) is 0 Å². The SMILES string of the molecule is C[C@@H]1CN(c2nnc(-c3ccc(F)cc3)c3ccccc23)[C@@H](C)CN1.C[C@@H]1CN[C@@H](C)CN1c1nnc(-c2ccc(F)cc2)c2ccccc12. The molecule has 6 aromatic rings. The summed E-state index contributed by atoms with van der Waals surface area (Å²) in [7, 11) is 0. The molecular weight excluding hydrogens is 630 g/mol. The van der Waals surface area contributed by atoms with E-state index in [2.05, 4.69) is 92.8 Å². The van der Waals surface area contributed by atoms with Crippen molar-refractivity contribution in [1.29, 1.82) is 0 Å². The fourth-order valence-corrected chi connectivity index (χ4v) is 6.88. The Balaban J connectivity index is 0.000000157. The second-order valence-electron chi connectivity index (χ2n) is 13.5. The average Bonchev–Trinajstić information content (AvgIpc) is 3.14. The Morgan fingerprint density at radius 2 is 0.860 bits per heavy atom. The third-order valence-corrected chi connectivity index (χ3v) is 9.64. The molecule has 0 aliphatic carbocycles. The van der Waals surface area contributed by atoms with Crippen LogP contribution >= 0.6 is 0 Å². The first-order valence-corrected chi connectivity index (χ1v) is 17.3. The lowest BCUT2D eigenvalue weighted by molar-refractivity contribution is 0.422. The molecule has 8 nitrogen and oxygen atoms in total. The van der Waals surface area contributed by atoms with Crippen LogP contribution in [-0.4, -0.2) is 70.7 Å². The molecule has 256 valence electrons. The first-order valence-electron chi connectivity index (χ1n) is 17.3. The topological polar surface area (TPSA) is 82.1 Å². The van der Waals surface area contributed by atoms with Crippen LogP contribution in [0.5, 0.6) is 0 Å². The van der Waals surface area contributed by atoms with Crippen molar-refractivity contribution in [2.24, 2.45) is 0 Å². The lowest BCUT2D eigenvalue weighted by Crippen LogP contribution is -2.54. The largest absolute Gasteiger partial charge is 0.349 e. The molecule has 2 aliphatic heterocycles. The summed E-state index contributed by atoms with van der Waals surface area (Å²) in [5, 5.41) is 29.4. The lowest BCUT2D eigenvalue weighted by Gasteiger charge is -2.38. The summed E-state index contributed by atoms with van der Waals surface area (Å²) in [6.07, 6.45) is 0. The molecule has 8 rings (SSSR count). The van der Waals surface area contributed by atoms with E-state index in [1.54, 1.807) is 24.3 Å². The van der Waals surface area contributed by atoms with Gasteiger partial charge in [-0.1, -0.05) is 48.5 Å². The maximum absolute atomic E-state index is 13.3. The number of hydrogen-bond acceptors (Lipinski definition) is 8. The van der Waals surface area contributed by atoms with Crippen molar-refractivity contribution in [3.05, 3.63) is 109 Å². The van der Waals surface area contributed by atoms with Crippen LogP contribution in [0.3, 0.4) is 0 Å². The van der Waals surface area contributed by atoms with Gasteiger partial charge in [-0.05, 0) is 76.2 Å². The lowest BCUT2D eigenvalue weighted by atomic mass is 10.0. The minimum atomic E-state index is -0.249. The monoisotopic (exact) mass is 672 g/mol. The zero-order valence-corrected chi connectivity index (χ0v) is 28.8. The van der Waals surface area contributed by atoms with Gasteiger partial charge < -0.3 is 20.4 Å². The molecule has 0 saturated carbocycles. The zero-order valence-electron chi connectivity index (χ0n) is 28.8. The zero-order chi connectivity index (χ0) is 34.8. The number of halogens is 2. The fourth-order valence-electron chi connectivity index (χ4n) is 6.88. The number of aromatic nitrogens is 4. The van der Waals surface area contributed by atoms with Gasteiger partial charge in [0.1, 0.15) is 23.0 Å². The van der Waals surface area contributed by atoms with Crippen molar-refractivity contribution < 1.29 is 8.78 Å². The third kappa shape index (κ3) is 6.86. The van der Waals surface area contributed by atoms with Crippen LogP contribution in [0.4, 0.5) is 20.4 Å². The fraction of sp³-hybridized carbons (Fsp3) is 0.300. The molecule has 50 heavy (non-hydrogen) atoms. The Morgan fingerprint density at radius 3 is 1.24 bits per heavy atom. The molecule has 2 fully saturated rings. The number of fused-ring (bicyclic) bond motifs is 2. The predicted molar refractivity (Wildman–Crippen MR) is 198 cm³/mol. The van der Waals surface area contributed by atoms with Gasteiger partial charge in [0.05, 0.1) is 0 Å². The molecule has 2 aromatic heterocycles. The average molecular weight is 673 g/mol. The number of piperazine rings is 2. The quantitative estimate of drug-likeness (QED) is 0.203. The summed E-state index contributed by atoms with van der Waals surface area (Å²) in [6.45, 7) is 12.4. The molecule has 4 aromatic carbocycles. The Morgan fingerprint density at radius 1 is 0.500 bits per heavy atom. The van der Waals surface area contributed by atoms with Crippen molar-refractivity contribution in [3.8, 4) is 22.5 Å². The van der Waals surface area contributed by atoms with Gasteiger partial charge in [-0.25, -0.2) is 8.78 Å². The van der Waals surface area contributed by atoms with E-state index >= 15 is 0 Å². The van der Waals surface area contributed by atoms with Crippen molar-refractivity contribution >= 4 is 33.2 Å². The molecule has 0 bridgehead atoms. The number of rotatable bonds is 4. The van der Waals surface area contributed by atoms with E-state index in [0.29, 0.717) is 24.2 Å². The van der Waals surface area contributed by atoms with Crippen LogP contribution in [0, 0.1) is 11.6 Å². The number of anilines is 2. The highest BCUT2D eigenvalue weighted by Gasteiger charge is 2.27. The maximum atomic E-state index is 13.3. The van der Waals surface area contributed by atoms with Gasteiger partial charge in [-0.3, -0.25) is 0 Å². The highest BCUT2D eigenvalue weighted by atomic mass is 19.1. The van der Waals surface area contributed by atoms with Crippen LogP contribution in [-0.2, 0) is 0 Å². The van der Waals surface area contributed by atoms with E-state index in [9.17, 15) is 8.78 Å². The molecule has 0 amide bonds. The van der Waals surface area contributed by atoms with Crippen LogP contribution in [0.25, 0.3) is 44.1 Å². The van der Waals surface area contributed by atoms with Gasteiger partial charge in [0, 0.05) is 83.0 Å². The van der Waals surface area contributed by atoms with E-state index in [4.69, 9.17) is 0 Å². The number of nitrogens with one attached hydrogen (secondary N) is 2. The molecule has 0 spiro atoms. The number of benzene rings is 4. The first-order chi connectivity index (χ1) is 24.3. The minimum Gasteiger partial charge on any atom is -0.349 e. The summed E-state index contributed by atoms with van der Waals surface area (Å²) >= 11 is 0. The van der Waals surface area contributed by atoms with Gasteiger partial charge in [0.2, 0.25) is 0 Å². The molecule has 0 radical (unpaired) electrons. The van der Waals surface area contributed by atoms with Crippen molar-refractivity contribution in [2.75, 3.05) is 36.0 Å². The molecule has 2 saturated heterocycles. The van der Waals surface area contributed by atoms with E-state index in [0.717, 1.165) is 81.9 Å². The van der Waals surface area contributed by atoms with Crippen LogP contribution < -0.4 is 20.4 Å². The normalized spacial score (nSPS) is 20.8. The van der Waals surface area contributed by atoms with Crippen molar-refractivity contribution in [1.82, 2.24) is 31.0 Å². The van der Waals surface area contributed by atoms with Crippen molar-refractivity contribution in [2.45, 2.75) is 51.9 Å². The smallest absolute Gasteiger partial charge is 0.159 e. The molecule has 2 N–H and O–H groups in total. The Labute approximate surface area is 291 Å². The Hall–Kier alpha value is -5.06. The van der Waals surface area contributed by atoms with Gasteiger partial charge in [0.15, 0.2) is 11.6 Å². The number of nitrogens with zero attached hydrogens (tertiary/aromatic N) is 6. The van der Waals surface area contributed by atoms with Crippen molar-refractivity contribution in [3.63, 3.8) is 0 Å². The predicted octanol–water partition coefficient (Wildman–Crippen LogP) is 7.25. The number of hydrogen-bond donors (Lipinski definition) is 2. The van der Waals surface area contributed by atoms with Crippen LogP contribution in [0.15, 0.2) is 97.1 Å². The summed E-state index contributed by atoms with van der Waals surface area (Å²) < 4.78 is 26.5. The van der Waals surface area contributed by atoms with Crippen LogP contribution in [0.2, 0.25) is 0 Å². The maximum Gasteiger partial charge on any atom is 0.159 e. The van der Waals surface area contributed by atoms with E-state index < -0.39 is 0 Å². The molecule has 4 heterocycles. The highest BCUT2D eigenvalue weighted by Crippen LogP contribution is 2.34. The van der Waals surface area contributed by atoms with Gasteiger partial charge in [-0.15, -0.1) is 20.4 Å². The third-order valence-electron chi connectivity index (χ3n) is 9.64.